The van der Waals surface area contributed by atoms with Crippen LogP contribution < -0.4 is 10.3 Å². The van der Waals surface area contributed by atoms with Crippen molar-refractivity contribution in [1.82, 2.24) is 19.1 Å². The number of benzene rings is 4. The van der Waals surface area contributed by atoms with Gasteiger partial charge in [0.1, 0.15) is 17.9 Å². The van der Waals surface area contributed by atoms with Gasteiger partial charge in [-0.05, 0) is 47.5 Å². The third-order valence-electron chi connectivity index (χ3n) is 6.24. The lowest BCUT2D eigenvalue weighted by Crippen LogP contribution is -2.22. The minimum atomic E-state index is -4.85. The van der Waals surface area contributed by atoms with Gasteiger partial charge < -0.3 is 4.74 Å². The average Bonchev–Trinajstić information content (AvgIpc) is 3.38. The monoisotopic (exact) mass is 558 g/mol. The van der Waals surface area contributed by atoms with E-state index in [1.54, 1.807) is 30.3 Å². The number of rotatable bonds is 5. The predicted molar refractivity (Wildman–Crippen MR) is 147 cm³/mol. The number of aromatic nitrogens is 4. The van der Waals surface area contributed by atoms with Gasteiger partial charge in [-0.25, -0.2) is 9.97 Å². The van der Waals surface area contributed by atoms with Gasteiger partial charge in [0.15, 0.2) is 11.2 Å². The molecular weight excluding hydrogens is 541 g/mol. The molecule has 0 unspecified atom stereocenters. The number of fused-ring (bicyclic) bond motifs is 1. The molecule has 0 saturated carbocycles. The zero-order valence-corrected chi connectivity index (χ0v) is 21.3. The highest BCUT2D eigenvalue weighted by Gasteiger charge is 2.31. The van der Waals surface area contributed by atoms with Gasteiger partial charge in [0, 0.05) is 16.7 Å². The Kier molecular flexibility index (Phi) is 6.36. The van der Waals surface area contributed by atoms with Gasteiger partial charge in [0.05, 0.1) is 11.4 Å². The Morgan fingerprint density at radius 2 is 1.43 bits per heavy atom. The van der Waals surface area contributed by atoms with Crippen LogP contribution in [0.5, 0.6) is 5.75 Å². The number of hydrogen-bond acceptors (Lipinski definition) is 4. The SMILES string of the molecule is O=c1c2ncn(-c3cccc(OC(F)(F)F)c3)c2nc(-c2ccc(-c3ccccc3)cc2)n1-c1ccc(Cl)cc1. The van der Waals surface area contributed by atoms with E-state index in [2.05, 4.69) is 9.72 Å². The second-order valence-corrected chi connectivity index (χ2v) is 9.26. The molecule has 6 nitrogen and oxygen atoms in total. The molecule has 0 spiro atoms. The first kappa shape index (κ1) is 25.4. The van der Waals surface area contributed by atoms with E-state index in [4.69, 9.17) is 16.6 Å². The van der Waals surface area contributed by atoms with E-state index in [1.165, 1.54) is 33.7 Å². The summed E-state index contributed by atoms with van der Waals surface area (Å²) >= 11 is 6.09. The molecule has 198 valence electrons. The third kappa shape index (κ3) is 4.94. The molecule has 0 bridgehead atoms. The van der Waals surface area contributed by atoms with E-state index in [-0.39, 0.29) is 11.2 Å². The molecule has 0 saturated heterocycles. The highest BCUT2D eigenvalue weighted by molar-refractivity contribution is 6.30. The summed E-state index contributed by atoms with van der Waals surface area (Å²) in [6, 6.07) is 29.6. The summed E-state index contributed by atoms with van der Waals surface area (Å²) in [6.45, 7) is 0. The topological polar surface area (TPSA) is 61.9 Å². The number of hydrogen-bond donors (Lipinski definition) is 0. The standard InChI is InChI=1S/C30H18ClF3N4O2/c31-22-13-15-23(16-14-22)38-27(21-11-9-20(10-12-21)19-5-2-1-3-6-19)36-28-26(29(38)39)35-18-37(28)24-7-4-8-25(17-24)40-30(32,33)34/h1-18H. The van der Waals surface area contributed by atoms with Crippen LogP contribution in [0.1, 0.15) is 0 Å². The van der Waals surface area contributed by atoms with Crippen LogP contribution in [0.3, 0.4) is 0 Å². The highest BCUT2D eigenvalue weighted by atomic mass is 35.5. The minimum Gasteiger partial charge on any atom is -0.406 e. The third-order valence-corrected chi connectivity index (χ3v) is 6.49. The van der Waals surface area contributed by atoms with Crippen molar-refractivity contribution in [2.75, 3.05) is 0 Å². The maximum atomic E-state index is 13.8. The van der Waals surface area contributed by atoms with Crippen LogP contribution in [0.4, 0.5) is 13.2 Å². The van der Waals surface area contributed by atoms with Gasteiger partial charge in [0.25, 0.3) is 5.56 Å². The first-order valence-electron chi connectivity index (χ1n) is 12.0. The lowest BCUT2D eigenvalue weighted by Gasteiger charge is -2.14. The van der Waals surface area contributed by atoms with Gasteiger partial charge in [0.2, 0.25) is 0 Å². The van der Waals surface area contributed by atoms with Crippen molar-refractivity contribution in [3.63, 3.8) is 0 Å². The first-order valence-corrected chi connectivity index (χ1v) is 12.4. The Bertz CT molecular complexity index is 1880. The molecule has 0 radical (unpaired) electrons. The fourth-order valence-electron chi connectivity index (χ4n) is 4.44. The van der Waals surface area contributed by atoms with E-state index in [9.17, 15) is 18.0 Å². The number of imidazole rings is 1. The molecule has 0 atom stereocenters. The summed E-state index contributed by atoms with van der Waals surface area (Å²) < 4.78 is 45.4. The largest absolute Gasteiger partial charge is 0.573 e. The van der Waals surface area contributed by atoms with Crippen molar-refractivity contribution >= 4 is 22.8 Å². The van der Waals surface area contributed by atoms with E-state index < -0.39 is 17.7 Å². The zero-order valence-electron chi connectivity index (χ0n) is 20.5. The van der Waals surface area contributed by atoms with Crippen LogP contribution in [-0.2, 0) is 0 Å². The summed E-state index contributed by atoms with van der Waals surface area (Å²) in [7, 11) is 0. The molecule has 0 N–H and O–H groups in total. The number of alkyl halides is 3. The Morgan fingerprint density at radius 3 is 2.12 bits per heavy atom. The quantitative estimate of drug-likeness (QED) is 0.220. The first-order chi connectivity index (χ1) is 19.3. The van der Waals surface area contributed by atoms with Gasteiger partial charge >= 0.3 is 6.36 Å². The normalized spacial score (nSPS) is 11.6. The van der Waals surface area contributed by atoms with Crippen LogP contribution >= 0.6 is 11.6 Å². The lowest BCUT2D eigenvalue weighted by molar-refractivity contribution is -0.274. The Labute approximate surface area is 230 Å². The summed E-state index contributed by atoms with van der Waals surface area (Å²) in [5, 5.41) is 0.504. The second-order valence-electron chi connectivity index (χ2n) is 8.83. The second kappa shape index (κ2) is 10.0. The van der Waals surface area contributed by atoms with Crippen molar-refractivity contribution in [3.8, 4) is 39.6 Å². The Morgan fingerprint density at radius 1 is 0.750 bits per heavy atom. The number of nitrogens with zero attached hydrogens (tertiary/aromatic N) is 4. The van der Waals surface area contributed by atoms with Crippen LogP contribution in [0.2, 0.25) is 5.02 Å². The van der Waals surface area contributed by atoms with Crippen LogP contribution in [0, 0.1) is 0 Å². The molecule has 0 aliphatic carbocycles. The van der Waals surface area contributed by atoms with E-state index >= 15 is 0 Å². The van der Waals surface area contributed by atoms with Crippen molar-refractivity contribution in [2.45, 2.75) is 6.36 Å². The molecule has 4 aromatic carbocycles. The number of ether oxygens (including phenoxy) is 1. The Hall–Kier alpha value is -4.89. The molecule has 2 aromatic heterocycles. The van der Waals surface area contributed by atoms with Crippen molar-refractivity contribution in [2.24, 2.45) is 0 Å². The minimum absolute atomic E-state index is 0.0433. The smallest absolute Gasteiger partial charge is 0.406 e. The fourth-order valence-corrected chi connectivity index (χ4v) is 4.56. The summed E-state index contributed by atoms with van der Waals surface area (Å²) in [4.78, 5) is 22.9. The predicted octanol–water partition coefficient (Wildman–Crippen LogP) is 7.46. The van der Waals surface area contributed by atoms with Crippen molar-refractivity contribution in [1.29, 1.82) is 0 Å². The maximum absolute atomic E-state index is 13.8. The number of halogens is 4. The molecule has 6 aromatic rings. The summed E-state index contributed by atoms with van der Waals surface area (Å²) in [6.07, 6.45) is -3.50. The Balaban J connectivity index is 1.54. The molecule has 2 heterocycles. The molecular formula is C30H18ClF3N4O2. The van der Waals surface area contributed by atoms with Crippen molar-refractivity contribution in [3.05, 3.63) is 125 Å². The van der Waals surface area contributed by atoms with Crippen LogP contribution in [-0.4, -0.2) is 25.5 Å². The van der Waals surface area contributed by atoms with Crippen LogP contribution in [0.25, 0.3) is 45.1 Å². The highest BCUT2D eigenvalue weighted by Crippen LogP contribution is 2.29. The molecule has 40 heavy (non-hydrogen) atoms. The van der Waals surface area contributed by atoms with Gasteiger partial charge in [-0.1, -0.05) is 72.3 Å². The van der Waals surface area contributed by atoms with Crippen molar-refractivity contribution < 1.29 is 17.9 Å². The fraction of sp³-hybridized carbons (Fsp3) is 0.0333. The zero-order chi connectivity index (χ0) is 27.9. The van der Waals surface area contributed by atoms with E-state index in [0.717, 1.165) is 11.1 Å². The maximum Gasteiger partial charge on any atom is 0.573 e. The lowest BCUT2D eigenvalue weighted by atomic mass is 10.0. The molecule has 10 heteroatoms. The molecule has 0 aliphatic heterocycles. The molecule has 0 amide bonds. The van der Waals surface area contributed by atoms with Crippen LogP contribution in [0.15, 0.2) is 114 Å². The molecule has 0 fully saturated rings. The molecule has 6 rings (SSSR count). The van der Waals surface area contributed by atoms with Gasteiger partial charge in [-0.3, -0.25) is 13.9 Å². The molecule has 0 aliphatic rings. The average molecular weight is 559 g/mol. The summed E-state index contributed by atoms with van der Waals surface area (Å²) in [5.41, 5.74) is 3.27. The summed E-state index contributed by atoms with van der Waals surface area (Å²) in [5.74, 6) is -0.0815. The van der Waals surface area contributed by atoms with Gasteiger partial charge in [-0.2, -0.15) is 0 Å². The van der Waals surface area contributed by atoms with E-state index in [1.807, 2.05) is 54.6 Å². The van der Waals surface area contributed by atoms with E-state index in [0.29, 0.717) is 27.8 Å². The van der Waals surface area contributed by atoms with Gasteiger partial charge in [-0.15, -0.1) is 13.2 Å².